The van der Waals surface area contributed by atoms with Gasteiger partial charge in [-0.25, -0.2) is 13.1 Å². The Morgan fingerprint density at radius 2 is 2.08 bits per heavy atom. The first kappa shape index (κ1) is 19.8. The Hall–Kier alpha value is -1.48. The van der Waals surface area contributed by atoms with E-state index >= 15 is 0 Å². The van der Waals surface area contributed by atoms with Crippen LogP contribution in [0.25, 0.3) is 0 Å². The zero-order chi connectivity index (χ0) is 18.3. The Labute approximate surface area is 148 Å². The van der Waals surface area contributed by atoms with E-state index in [9.17, 15) is 13.2 Å². The molecule has 0 radical (unpaired) electrons. The summed E-state index contributed by atoms with van der Waals surface area (Å²) in [7, 11) is -3.69. The molecule has 0 bridgehead atoms. The Balaban J connectivity index is 2.03. The first-order valence-electron chi connectivity index (χ1n) is 8.51. The molecule has 140 valence electrons. The molecule has 1 aliphatic heterocycles. The van der Waals surface area contributed by atoms with Crippen molar-refractivity contribution in [3.8, 4) is 0 Å². The van der Waals surface area contributed by atoms with Crippen molar-refractivity contribution in [1.82, 2.24) is 4.72 Å². The minimum atomic E-state index is -3.69. The van der Waals surface area contributed by atoms with Crippen LogP contribution in [0, 0.1) is 0 Å². The van der Waals surface area contributed by atoms with Crippen molar-refractivity contribution in [3.63, 3.8) is 0 Å². The van der Waals surface area contributed by atoms with Gasteiger partial charge in [0.05, 0.1) is 23.6 Å². The quantitative estimate of drug-likeness (QED) is 0.673. The number of carbonyl (C=O) groups excluding carboxylic acids is 1. The van der Waals surface area contributed by atoms with Gasteiger partial charge in [0, 0.05) is 6.61 Å². The number of primary amides is 1. The van der Waals surface area contributed by atoms with E-state index in [4.69, 9.17) is 15.2 Å². The molecule has 3 N–H and O–H groups in total. The minimum absolute atomic E-state index is 0.192. The van der Waals surface area contributed by atoms with E-state index in [-0.39, 0.29) is 18.1 Å². The highest BCUT2D eigenvalue weighted by Gasteiger charge is 2.31. The fraction of sp³-hybridized carbons (Fsp3) is 0.588. The molecule has 2 atom stereocenters. The molecule has 1 amide bonds. The highest BCUT2D eigenvalue weighted by Crippen LogP contribution is 2.17. The molecule has 1 fully saturated rings. The molecule has 1 aromatic carbocycles. The largest absolute Gasteiger partial charge is 0.380 e. The predicted molar refractivity (Wildman–Crippen MR) is 93.5 cm³/mol. The van der Waals surface area contributed by atoms with Gasteiger partial charge in [-0.05, 0) is 37.0 Å². The number of unbranched alkanes of at least 4 members (excludes halogenated alkanes) is 1. The van der Waals surface area contributed by atoms with E-state index in [0.29, 0.717) is 13.0 Å². The molecule has 25 heavy (non-hydrogen) atoms. The molecule has 7 nitrogen and oxygen atoms in total. The van der Waals surface area contributed by atoms with Crippen LogP contribution < -0.4 is 10.5 Å². The number of hydrogen-bond acceptors (Lipinski definition) is 5. The molecule has 8 heteroatoms. The molecule has 0 aliphatic carbocycles. The van der Waals surface area contributed by atoms with Crippen molar-refractivity contribution in [2.45, 2.75) is 49.6 Å². The average Bonchev–Trinajstić information content (AvgIpc) is 2.59. The van der Waals surface area contributed by atoms with Crippen molar-refractivity contribution in [2.24, 2.45) is 5.73 Å². The third-order valence-corrected chi connectivity index (χ3v) is 5.60. The van der Waals surface area contributed by atoms with Crippen molar-refractivity contribution in [3.05, 3.63) is 29.8 Å². The lowest BCUT2D eigenvalue weighted by molar-refractivity contribution is -0.127. The number of carbonyl (C=O) groups is 1. The van der Waals surface area contributed by atoms with Crippen LogP contribution in [0.15, 0.2) is 29.2 Å². The van der Waals surface area contributed by atoms with Crippen LogP contribution in [0.4, 0.5) is 0 Å². The summed E-state index contributed by atoms with van der Waals surface area (Å²) in [5.74, 6) is -0.587. The highest BCUT2D eigenvalue weighted by atomic mass is 32.2. The van der Waals surface area contributed by atoms with Gasteiger partial charge < -0.3 is 15.2 Å². The summed E-state index contributed by atoms with van der Waals surface area (Å²) in [6, 6.07) is 6.33. The Morgan fingerprint density at radius 3 is 2.72 bits per heavy atom. The molecular weight excluding hydrogens is 344 g/mol. The number of nitrogens with one attached hydrogen (secondary N) is 1. The van der Waals surface area contributed by atoms with Crippen LogP contribution in [0.1, 0.15) is 31.7 Å². The average molecular weight is 370 g/mol. The Bertz CT molecular complexity index is 660. The summed E-state index contributed by atoms with van der Waals surface area (Å²) in [4.78, 5) is 11.1. The van der Waals surface area contributed by atoms with E-state index in [0.717, 1.165) is 24.8 Å². The first-order chi connectivity index (χ1) is 11.9. The van der Waals surface area contributed by atoms with E-state index in [2.05, 4.69) is 11.6 Å². The molecular formula is C17H26N2O5S. The number of sulfonamides is 1. The topological polar surface area (TPSA) is 108 Å². The molecule has 1 saturated heterocycles. The van der Waals surface area contributed by atoms with E-state index < -0.39 is 28.1 Å². The van der Waals surface area contributed by atoms with Crippen LogP contribution in [0.3, 0.4) is 0 Å². The standard InChI is InChI=1S/C17H26N2O5S/c1-2-3-4-13-5-7-14(8-6-13)25(21,22)19-15-11-23-10-9-16(15)24-12-17(18)20/h5-8,15-16,19H,2-4,9-12H2,1H3,(H2,18,20)/t15-,16+/m1/s1. The van der Waals surface area contributed by atoms with Crippen LogP contribution in [0.2, 0.25) is 0 Å². The van der Waals surface area contributed by atoms with Gasteiger partial charge in [-0.2, -0.15) is 0 Å². The Kier molecular flexibility index (Phi) is 7.37. The van der Waals surface area contributed by atoms with Gasteiger partial charge in [-0.1, -0.05) is 25.5 Å². The number of rotatable bonds is 9. The molecule has 2 rings (SSSR count). The summed E-state index contributed by atoms with van der Waals surface area (Å²) in [6.07, 6.45) is 3.15. The summed E-state index contributed by atoms with van der Waals surface area (Å²) in [5.41, 5.74) is 6.20. The van der Waals surface area contributed by atoms with E-state index in [1.165, 1.54) is 0 Å². The summed E-state index contributed by atoms with van der Waals surface area (Å²) in [6.45, 7) is 2.52. The lowest BCUT2D eigenvalue weighted by Crippen LogP contribution is -2.51. The van der Waals surface area contributed by atoms with Crippen LogP contribution in [0.5, 0.6) is 0 Å². The summed E-state index contributed by atoms with van der Waals surface area (Å²) < 4.78 is 38.6. The summed E-state index contributed by atoms with van der Waals surface area (Å²) in [5, 5.41) is 0. The maximum Gasteiger partial charge on any atom is 0.243 e. The second kappa shape index (κ2) is 9.28. The monoisotopic (exact) mass is 370 g/mol. The van der Waals surface area contributed by atoms with Gasteiger partial charge in [0.1, 0.15) is 6.61 Å². The van der Waals surface area contributed by atoms with Gasteiger partial charge in [-0.15, -0.1) is 0 Å². The van der Waals surface area contributed by atoms with Gasteiger partial charge >= 0.3 is 0 Å². The van der Waals surface area contributed by atoms with Gasteiger partial charge in [0.15, 0.2) is 0 Å². The molecule has 1 heterocycles. The number of nitrogens with two attached hydrogens (primary N) is 1. The normalized spacial score (nSPS) is 21.2. The van der Waals surface area contributed by atoms with Crippen molar-refractivity contribution in [2.75, 3.05) is 19.8 Å². The third-order valence-electron chi connectivity index (χ3n) is 4.09. The molecule has 0 unspecified atom stereocenters. The number of hydrogen-bond donors (Lipinski definition) is 2. The van der Waals surface area contributed by atoms with Crippen LogP contribution in [-0.2, 0) is 30.7 Å². The van der Waals surface area contributed by atoms with E-state index in [1.54, 1.807) is 12.1 Å². The number of ether oxygens (including phenoxy) is 2. The predicted octanol–water partition coefficient (Wildman–Crippen LogP) is 0.967. The fourth-order valence-electron chi connectivity index (χ4n) is 2.70. The van der Waals surface area contributed by atoms with Crippen molar-refractivity contribution >= 4 is 15.9 Å². The van der Waals surface area contributed by atoms with Gasteiger partial charge in [0.2, 0.25) is 15.9 Å². The van der Waals surface area contributed by atoms with Crippen LogP contribution in [-0.4, -0.2) is 46.3 Å². The SMILES string of the molecule is CCCCc1ccc(S(=O)(=O)N[C@@H]2COCC[C@@H]2OCC(N)=O)cc1. The number of aryl methyl sites for hydroxylation is 1. The molecule has 0 saturated carbocycles. The maximum atomic E-state index is 12.6. The summed E-state index contributed by atoms with van der Waals surface area (Å²) >= 11 is 0. The molecule has 1 aromatic rings. The van der Waals surface area contributed by atoms with Gasteiger partial charge in [0.25, 0.3) is 0 Å². The highest BCUT2D eigenvalue weighted by molar-refractivity contribution is 7.89. The zero-order valence-electron chi connectivity index (χ0n) is 14.4. The maximum absolute atomic E-state index is 12.6. The lowest BCUT2D eigenvalue weighted by atomic mass is 10.1. The third kappa shape index (κ3) is 6.07. The molecule has 1 aliphatic rings. The first-order valence-corrected chi connectivity index (χ1v) is 9.99. The van der Waals surface area contributed by atoms with Crippen molar-refractivity contribution in [1.29, 1.82) is 0 Å². The lowest BCUT2D eigenvalue weighted by Gasteiger charge is -2.31. The van der Waals surface area contributed by atoms with Gasteiger partial charge in [-0.3, -0.25) is 4.79 Å². The second-order valence-corrected chi connectivity index (χ2v) is 7.87. The van der Waals surface area contributed by atoms with Crippen molar-refractivity contribution < 1.29 is 22.7 Å². The molecule has 0 spiro atoms. The molecule has 0 aromatic heterocycles. The smallest absolute Gasteiger partial charge is 0.243 e. The zero-order valence-corrected chi connectivity index (χ0v) is 15.3. The van der Waals surface area contributed by atoms with E-state index in [1.807, 2.05) is 12.1 Å². The number of amides is 1. The number of benzene rings is 1. The minimum Gasteiger partial charge on any atom is -0.380 e. The second-order valence-electron chi connectivity index (χ2n) is 6.15. The fourth-order valence-corrected chi connectivity index (χ4v) is 3.95. The van der Waals surface area contributed by atoms with Crippen LogP contribution >= 0.6 is 0 Å². The Morgan fingerprint density at radius 1 is 1.36 bits per heavy atom.